The number of phenolic OH excluding ortho intramolecular Hbond substituents is 1. The number of anilines is 1. The second kappa shape index (κ2) is 9.25. The van der Waals surface area contributed by atoms with Gasteiger partial charge in [0.05, 0.1) is 44.6 Å². The summed E-state index contributed by atoms with van der Waals surface area (Å²) in [5.41, 5.74) is 0.0684. The van der Waals surface area contributed by atoms with Gasteiger partial charge in [-0.3, -0.25) is 24.4 Å². The van der Waals surface area contributed by atoms with Gasteiger partial charge in [0, 0.05) is 5.92 Å². The minimum atomic E-state index is -1.34. The van der Waals surface area contributed by atoms with Gasteiger partial charge < -0.3 is 9.84 Å². The number of ether oxygens (including phenoxy) is 1. The number of carbonyl (C=O) groups is 4. The van der Waals surface area contributed by atoms with Crippen LogP contribution in [0.3, 0.4) is 0 Å². The predicted octanol–water partition coefficient (Wildman–Crippen LogP) is 4.42. The van der Waals surface area contributed by atoms with Gasteiger partial charge in [-0.1, -0.05) is 23.3 Å². The van der Waals surface area contributed by atoms with E-state index in [2.05, 4.69) is 0 Å². The number of halogens is 3. The van der Waals surface area contributed by atoms with Gasteiger partial charge in [0.15, 0.2) is 11.5 Å². The molecule has 2 aromatic rings. The summed E-state index contributed by atoms with van der Waals surface area (Å²) in [5, 5.41) is 20.6. The Morgan fingerprint density at radius 3 is 2.50 bits per heavy atom. The van der Waals surface area contributed by atoms with Crippen LogP contribution < -0.4 is 9.64 Å². The molecule has 2 saturated heterocycles. The molecule has 2 aliphatic carbocycles. The molecule has 9 nitrogen and oxygen atoms in total. The summed E-state index contributed by atoms with van der Waals surface area (Å²) in [6.07, 6.45) is 2.11. The summed E-state index contributed by atoms with van der Waals surface area (Å²) in [7, 11) is 1.40. The molecule has 2 aliphatic heterocycles. The van der Waals surface area contributed by atoms with E-state index in [4.69, 9.17) is 16.3 Å². The third-order valence-electron chi connectivity index (χ3n) is 9.02. The highest BCUT2D eigenvalue weighted by Gasteiger charge is 2.67. The highest BCUT2D eigenvalue weighted by molar-refractivity contribution is 14.1. The normalized spacial score (nSPS) is 31.2. The van der Waals surface area contributed by atoms with Crippen molar-refractivity contribution in [1.82, 2.24) is 5.06 Å². The topological polar surface area (TPSA) is 124 Å². The number of imide groups is 2. The molecule has 208 valence electrons. The van der Waals surface area contributed by atoms with E-state index in [9.17, 15) is 33.9 Å². The summed E-state index contributed by atoms with van der Waals surface area (Å²) in [4.78, 5) is 55.1. The smallest absolute Gasteiger partial charge is 0.257 e. The van der Waals surface area contributed by atoms with Crippen molar-refractivity contribution in [3.05, 3.63) is 62.0 Å². The molecule has 12 heteroatoms. The van der Waals surface area contributed by atoms with Crippen molar-refractivity contribution in [3.8, 4) is 11.5 Å². The second-order valence-electron chi connectivity index (χ2n) is 10.8. The maximum Gasteiger partial charge on any atom is 0.257 e. The van der Waals surface area contributed by atoms with Crippen LogP contribution in [0.25, 0.3) is 0 Å². The number of hydrogen-bond acceptors (Lipinski definition) is 7. The number of carbonyl (C=O) groups excluding carboxylic acids is 4. The van der Waals surface area contributed by atoms with Crippen molar-refractivity contribution >= 4 is 63.5 Å². The number of phenols is 1. The molecule has 4 amide bonds. The van der Waals surface area contributed by atoms with Crippen LogP contribution >= 0.6 is 34.2 Å². The van der Waals surface area contributed by atoms with Gasteiger partial charge in [-0.25, -0.2) is 9.29 Å². The summed E-state index contributed by atoms with van der Waals surface area (Å²) in [6.45, 7) is 1.70. The standard InChI is InChI=1S/C28H23ClFIN2O7/c1-28-16(25(36)32(27(28)38)12-3-6-18(30)17(29)9-12)10-15-13(4-5-14-21(15)26(37)33(39)24(14)35)22(28)11-7-19(31)23(34)20(8-11)40-2/h3-4,6-9,14-16,21-22,34,39H,5,10H2,1-2H3. The Kier molecular flexibility index (Phi) is 6.28. The van der Waals surface area contributed by atoms with E-state index in [0.29, 0.717) is 14.7 Å². The zero-order valence-electron chi connectivity index (χ0n) is 21.2. The van der Waals surface area contributed by atoms with Crippen LogP contribution in [0.4, 0.5) is 10.1 Å². The maximum absolute atomic E-state index is 14.3. The van der Waals surface area contributed by atoms with Gasteiger partial charge in [-0.05, 0) is 84.2 Å². The van der Waals surface area contributed by atoms with Crippen LogP contribution in [-0.2, 0) is 19.2 Å². The minimum absolute atomic E-state index is 0.0810. The molecule has 6 rings (SSSR count). The largest absolute Gasteiger partial charge is 0.504 e. The molecule has 40 heavy (non-hydrogen) atoms. The molecular formula is C28H23ClFIN2O7. The molecule has 0 aromatic heterocycles. The van der Waals surface area contributed by atoms with E-state index < -0.39 is 64.5 Å². The average molecular weight is 681 g/mol. The van der Waals surface area contributed by atoms with E-state index in [0.717, 1.165) is 11.0 Å². The quantitative estimate of drug-likeness (QED) is 0.213. The molecular weight excluding hydrogens is 658 g/mol. The van der Waals surface area contributed by atoms with Crippen molar-refractivity contribution in [2.24, 2.45) is 29.1 Å². The van der Waals surface area contributed by atoms with Crippen LogP contribution in [0, 0.1) is 38.5 Å². The van der Waals surface area contributed by atoms with Crippen LogP contribution in [0.2, 0.25) is 5.02 Å². The number of hydroxylamine groups is 2. The van der Waals surface area contributed by atoms with E-state index in [1.54, 1.807) is 19.1 Å². The maximum atomic E-state index is 14.3. The van der Waals surface area contributed by atoms with Gasteiger partial charge in [0.1, 0.15) is 5.82 Å². The molecule has 2 N–H and O–H groups in total. The first-order valence-electron chi connectivity index (χ1n) is 12.6. The Labute approximate surface area is 246 Å². The summed E-state index contributed by atoms with van der Waals surface area (Å²) in [6, 6.07) is 6.92. The van der Waals surface area contributed by atoms with Gasteiger partial charge in [0.2, 0.25) is 11.8 Å². The fourth-order valence-electron chi connectivity index (χ4n) is 7.17. The SMILES string of the molecule is COc1cc(C2C3=CCC4C(=O)N(O)C(=O)C4C3CC3C(=O)N(c4ccc(F)c(Cl)c4)C(=O)C32C)cc(I)c1O. The van der Waals surface area contributed by atoms with Gasteiger partial charge in [-0.2, -0.15) is 5.06 Å². The minimum Gasteiger partial charge on any atom is -0.504 e. The second-order valence-corrected chi connectivity index (χ2v) is 12.4. The fourth-order valence-corrected chi connectivity index (χ4v) is 7.97. The molecule has 2 aromatic carbocycles. The number of aromatic hydroxyl groups is 1. The average Bonchev–Trinajstić information content (AvgIpc) is 3.26. The number of benzene rings is 2. The lowest BCUT2D eigenvalue weighted by Gasteiger charge is -2.49. The van der Waals surface area contributed by atoms with Crippen molar-refractivity contribution in [1.29, 1.82) is 0 Å². The number of amides is 4. The van der Waals surface area contributed by atoms with Gasteiger partial charge in [0.25, 0.3) is 11.8 Å². The fraction of sp³-hybridized carbons (Fsp3) is 0.357. The number of hydrogen-bond donors (Lipinski definition) is 2. The first kappa shape index (κ1) is 27.2. The Morgan fingerprint density at radius 1 is 1.10 bits per heavy atom. The van der Waals surface area contributed by atoms with E-state index in [1.165, 1.54) is 19.2 Å². The Hall–Kier alpha value is -3.03. The van der Waals surface area contributed by atoms with E-state index >= 15 is 0 Å². The lowest BCUT2D eigenvalue weighted by Crippen LogP contribution is -2.48. The van der Waals surface area contributed by atoms with Crippen molar-refractivity contribution in [2.75, 3.05) is 12.0 Å². The first-order chi connectivity index (χ1) is 18.9. The summed E-state index contributed by atoms with van der Waals surface area (Å²) in [5.74, 6) is -7.00. The summed E-state index contributed by atoms with van der Waals surface area (Å²) < 4.78 is 19.8. The predicted molar refractivity (Wildman–Crippen MR) is 147 cm³/mol. The molecule has 0 spiro atoms. The number of rotatable bonds is 3. The lowest BCUT2D eigenvalue weighted by atomic mass is 9.51. The van der Waals surface area contributed by atoms with Crippen LogP contribution in [0.5, 0.6) is 11.5 Å². The van der Waals surface area contributed by atoms with Crippen molar-refractivity contribution in [3.63, 3.8) is 0 Å². The van der Waals surface area contributed by atoms with Crippen LogP contribution in [0.1, 0.15) is 31.2 Å². The Morgan fingerprint density at radius 2 is 1.82 bits per heavy atom. The first-order valence-corrected chi connectivity index (χ1v) is 14.0. The van der Waals surface area contributed by atoms with Crippen molar-refractivity contribution < 1.29 is 38.6 Å². The molecule has 0 radical (unpaired) electrons. The zero-order chi connectivity index (χ0) is 28.8. The van der Waals surface area contributed by atoms with Crippen LogP contribution in [-0.4, -0.2) is 46.1 Å². The van der Waals surface area contributed by atoms with Gasteiger partial charge in [-0.15, -0.1) is 0 Å². The number of nitrogens with zero attached hydrogens (tertiary/aromatic N) is 2. The van der Waals surface area contributed by atoms with E-state index in [1.807, 2.05) is 28.7 Å². The number of methoxy groups -OCH3 is 1. The lowest BCUT2D eigenvalue weighted by molar-refractivity contribution is -0.173. The highest BCUT2D eigenvalue weighted by atomic mass is 127. The number of fused-ring (bicyclic) bond motifs is 4. The highest BCUT2D eigenvalue weighted by Crippen LogP contribution is 2.64. The molecule has 3 fully saturated rings. The molecule has 1 saturated carbocycles. The van der Waals surface area contributed by atoms with E-state index in [-0.39, 0.29) is 40.1 Å². The van der Waals surface area contributed by atoms with Gasteiger partial charge >= 0.3 is 0 Å². The molecule has 4 aliphatic rings. The molecule has 0 bridgehead atoms. The third-order valence-corrected chi connectivity index (χ3v) is 10.1. The van der Waals surface area contributed by atoms with Crippen molar-refractivity contribution in [2.45, 2.75) is 25.7 Å². The molecule has 6 unspecified atom stereocenters. The molecule has 2 heterocycles. The Bertz CT molecular complexity index is 1560. The third kappa shape index (κ3) is 3.53. The van der Waals surface area contributed by atoms with Crippen LogP contribution in [0.15, 0.2) is 42.0 Å². The monoisotopic (exact) mass is 680 g/mol. The number of allylic oxidation sites excluding steroid dienone is 2. The molecule has 6 atom stereocenters. The summed E-state index contributed by atoms with van der Waals surface area (Å²) >= 11 is 7.95. The Balaban J connectivity index is 1.56. The zero-order valence-corrected chi connectivity index (χ0v) is 24.1.